The van der Waals surface area contributed by atoms with Crippen LogP contribution in [-0.4, -0.2) is 69.9 Å². The number of hydrogen-bond donors (Lipinski definition) is 0. The van der Waals surface area contributed by atoms with Gasteiger partial charge in [0.15, 0.2) is 0 Å². The Morgan fingerprint density at radius 1 is 0.871 bits per heavy atom. The number of hydrogen-bond acceptors (Lipinski definition) is 5. The van der Waals surface area contributed by atoms with Gasteiger partial charge in [0.25, 0.3) is 5.91 Å². The van der Waals surface area contributed by atoms with Crippen molar-refractivity contribution in [2.24, 2.45) is 0 Å². The summed E-state index contributed by atoms with van der Waals surface area (Å²) in [6, 6.07) is 14.3. The lowest BCUT2D eigenvalue weighted by Crippen LogP contribution is -2.48. The Kier molecular flexibility index (Phi) is 6.48. The van der Waals surface area contributed by atoms with E-state index < -0.39 is 10.0 Å². The van der Waals surface area contributed by atoms with Gasteiger partial charge in [-0.2, -0.15) is 4.31 Å². The van der Waals surface area contributed by atoms with Crippen LogP contribution in [0.25, 0.3) is 0 Å². The normalized spacial score (nSPS) is 18.1. The number of benzene rings is 2. The van der Waals surface area contributed by atoms with Crippen molar-refractivity contribution in [2.75, 3.05) is 51.3 Å². The van der Waals surface area contributed by atoms with E-state index in [1.165, 1.54) is 10.4 Å². The van der Waals surface area contributed by atoms with E-state index in [2.05, 4.69) is 4.90 Å². The van der Waals surface area contributed by atoms with E-state index in [1.54, 1.807) is 30.2 Å². The van der Waals surface area contributed by atoms with Crippen LogP contribution in [0.3, 0.4) is 0 Å². The molecular weight excluding hydrogens is 414 g/mol. The number of piperazine rings is 1. The summed E-state index contributed by atoms with van der Waals surface area (Å²) in [4.78, 5) is 17.3. The van der Waals surface area contributed by atoms with Gasteiger partial charge in [-0.3, -0.25) is 4.79 Å². The molecule has 2 heterocycles. The van der Waals surface area contributed by atoms with E-state index in [1.807, 2.05) is 24.3 Å². The van der Waals surface area contributed by atoms with Crippen molar-refractivity contribution in [3.05, 3.63) is 54.1 Å². The van der Waals surface area contributed by atoms with Crippen molar-refractivity contribution in [3.63, 3.8) is 0 Å². The van der Waals surface area contributed by atoms with Gasteiger partial charge in [-0.25, -0.2) is 8.42 Å². The fourth-order valence-electron chi connectivity index (χ4n) is 4.27. The molecule has 0 radical (unpaired) electrons. The fraction of sp³-hybridized carbons (Fsp3) is 0.435. The largest absolute Gasteiger partial charge is 0.495 e. The number of amides is 1. The van der Waals surface area contributed by atoms with Gasteiger partial charge in [0.1, 0.15) is 5.75 Å². The zero-order chi connectivity index (χ0) is 21.8. The summed E-state index contributed by atoms with van der Waals surface area (Å²) >= 11 is 0. The van der Waals surface area contributed by atoms with Crippen molar-refractivity contribution in [2.45, 2.75) is 24.2 Å². The number of sulfonamides is 1. The maximum absolute atomic E-state index is 13.1. The van der Waals surface area contributed by atoms with Crippen molar-refractivity contribution >= 4 is 21.6 Å². The molecule has 2 aromatic carbocycles. The molecule has 0 spiro atoms. The second kappa shape index (κ2) is 9.28. The fourth-order valence-corrected chi connectivity index (χ4v) is 5.83. The molecule has 0 aliphatic carbocycles. The van der Waals surface area contributed by atoms with E-state index in [-0.39, 0.29) is 10.8 Å². The van der Waals surface area contributed by atoms with Crippen LogP contribution < -0.4 is 9.64 Å². The van der Waals surface area contributed by atoms with Gasteiger partial charge >= 0.3 is 0 Å². The molecule has 2 fully saturated rings. The van der Waals surface area contributed by atoms with Crippen LogP contribution in [0, 0.1) is 0 Å². The molecule has 4 rings (SSSR count). The average Bonchev–Trinajstić information content (AvgIpc) is 2.84. The van der Waals surface area contributed by atoms with E-state index in [9.17, 15) is 13.2 Å². The number of ether oxygens (including phenoxy) is 1. The second-order valence-electron chi connectivity index (χ2n) is 7.94. The third-order valence-corrected chi connectivity index (χ3v) is 7.92. The highest BCUT2D eigenvalue weighted by atomic mass is 32.2. The molecular formula is C23H29N3O4S. The summed E-state index contributed by atoms with van der Waals surface area (Å²) < 4.78 is 33.0. The van der Waals surface area contributed by atoms with E-state index in [4.69, 9.17) is 4.74 Å². The van der Waals surface area contributed by atoms with Crippen molar-refractivity contribution in [3.8, 4) is 5.75 Å². The van der Waals surface area contributed by atoms with Crippen molar-refractivity contribution in [1.29, 1.82) is 0 Å². The summed E-state index contributed by atoms with van der Waals surface area (Å²) in [7, 11) is -1.90. The maximum atomic E-state index is 13.1. The summed E-state index contributed by atoms with van der Waals surface area (Å²) in [5, 5.41) is 0. The molecule has 8 heteroatoms. The van der Waals surface area contributed by atoms with Crippen LogP contribution in [0.4, 0.5) is 5.69 Å². The molecule has 0 unspecified atom stereocenters. The molecule has 1 amide bonds. The quantitative estimate of drug-likeness (QED) is 0.711. The summed E-state index contributed by atoms with van der Waals surface area (Å²) in [5.41, 5.74) is 1.44. The highest BCUT2D eigenvalue weighted by Crippen LogP contribution is 2.29. The molecule has 7 nitrogen and oxygen atoms in total. The van der Waals surface area contributed by atoms with Crippen LogP contribution in [0.2, 0.25) is 0 Å². The van der Waals surface area contributed by atoms with Gasteiger partial charge in [0, 0.05) is 44.8 Å². The monoisotopic (exact) mass is 443 g/mol. The molecule has 166 valence electrons. The van der Waals surface area contributed by atoms with E-state index in [0.717, 1.165) is 30.7 Å². The molecule has 0 atom stereocenters. The lowest BCUT2D eigenvalue weighted by molar-refractivity contribution is 0.0746. The van der Waals surface area contributed by atoms with Crippen molar-refractivity contribution in [1.82, 2.24) is 9.21 Å². The molecule has 2 saturated heterocycles. The summed E-state index contributed by atoms with van der Waals surface area (Å²) in [6.07, 6.45) is 2.83. The Labute approximate surface area is 184 Å². The lowest BCUT2D eigenvalue weighted by Gasteiger charge is -2.36. The van der Waals surface area contributed by atoms with Crippen LogP contribution in [0.5, 0.6) is 5.75 Å². The minimum absolute atomic E-state index is 0.129. The number of rotatable bonds is 5. The Morgan fingerprint density at radius 3 is 2.29 bits per heavy atom. The Morgan fingerprint density at radius 2 is 1.58 bits per heavy atom. The molecule has 2 aliphatic heterocycles. The van der Waals surface area contributed by atoms with Gasteiger partial charge in [0.05, 0.1) is 17.7 Å². The molecule has 0 bridgehead atoms. The first kappa shape index (κ1) is 21.6. The van der Waals surface area contributed by atoms with Crippen LogP contribution in [0.15, 0.2) is 53.4 Å². The first-order valence-electron chi connectivity index (χ1n) is 10.8. The van der Waals surface area contributed by atoms with Gasteiger partial charge in [-0.1, -0.05) is 24.6 Å². The number of piperidine rings is 1. The third kappa shape index (κ3) is 4.55. The molecule has 0 N–H and O–H groups in total. The molecule has 0 saturated carbocycles. The predicted molar refractivity (Wildman–Crippen MR) is 120 cm³/mol. The first-order valence-corrected chi connectivity index (χ1v) is 12.2. The molecule has 2 aromatic rings. The number of carbonyl (C=O) groups excluding carboxylic acids is 1. The van der Waals surface area contributed by atoms with Crippen molar-refractivity contribution < 1.29 is 17.9 Å². The number of carbonyl (C=O) groups is 1. The lowest BCUT2D eigenvalue weighted by atomic mass is 10.1. The summed E-state index contributed by atoms with van der Waals surface area (Å²) in [6.45, 7) is 3.62. The maximum Gasteiger partial charge on any atom is 0.254 e. The van der Waals surface area contributed by atoms with Crippen LogP contribution in [0.1, 0.15) is 29.6 Å². The average molecular weight is 444 g/mol. The SMILES string of the molecule is COc1ccccc1N1CCN(C(=O)c2cccc(S(=O)(=O)N3CCCCC3)c2)CC1. The first-order chi connectivity index (χ1) is 15.0. The predicted octanol–water partition coefficient (Wildman–Crippen LogP) is 2.83. The topological polar surface area (TPSA) is 70.2 Å². The third-order valence-electron chi connectivity index (χ3n) is 6.03. The zero-order valence-corrected chi connectivity index (χ0v) is 18.7. The number of anilines is 1. The molecule has 2 aliphatic rings. The Hall–Kier alpha value is -2.58. The zero-order valence-electron chi connectivity index (χ0n) is 17.9. The van der Waals surface area contributed by atoms with Gasteiger partial charge in [0.2, 0.25) is 10.0 Å². The highest BCUT2D eigenvalue weighted by Gasteiger charge is 2.28. The minimum Gasteiger partial charge on any atom is -0.495 e. The van der Waals surface area contributed by atoms with E-state index >= 15 is 0 Å². The highest BCUT2D eigenvalue weighted by molar-refractivity contribution is 7.89. The summed E-state index contributed by atoms with van der Waals surface area (Å²) in [5.74, 6) is 0.688. The Bertz CT molecular complexity index is 1030. The van der Waals surface area contributed by atoms with E-state index in [0.29, 0.717) is 44.8 Å². The van der Waals surface area contributed by atoms with Gasteiger partial charge < -0.3 is 14.5 Å². The van der Waals surface area contributed by atoms with Gasteiger partial charge in [-0.15, -0.1) is 0 Å². The molecule has 31 heavy (non-hydrogen) atoms. The second-order valence-corrected chi connectivity index (χ2v) is 9.88. The Balaban J connectivity index is 1.45. The number of nitrogens with zero attached hydrogens (tertiary/aromatic N) is 3. The van der Waals surface area contributed by atoms with Crippen LogP contribution in [-0.2, 0) is 10.0 Å². The van der Waals surface area contributed by atoms with Crippen LogP contribution >= 0.6 is 0 Å². The van der Waals surface area contributed by atoms with Gasteiger partial charge in [-0.05, 0) is 43.2 Å². The minimum atomic E-state index is -3.56. The smallest absolute Gasteiger partial charge is 0.254 e. The standard InChI is InChI=1S/C23H29N3O4S/c1-30-22-11-4-3-10-21(22)24-14-16-25(17-15-24)23(27)19-8-7-9-20(18-19)31(28,29)26-12-5-2-6-13-26/h3-4,7-11,18H,2,5-6,12-17H2,1H3. The number of para-hydroxylation sites is 2. The number of methoxy groups -OCH3 is 1. The molecule has 0 aromatic heterocycles.